The van der Waals surface area contributed by atoms with Crippen molar-refractivity contribution in [3.63, 3.8) is 0 Å². The van der Waals surface area contributed by atoms with Crippen LogP contribution in [0, 0.1) is 5.41 Å². The van der Waals surface area contributed by atoms with Gasteiger partial charge in [-0.1, -0.05) is 88.0 Å². The van der Waals surface area contributed by atoms with E-state index in [0.29, 0.717) is 17.8 Å². The van der Waals surface area contributed by atoms with Crippen LogP contribution in [-0.2, 0) is 24.3 Å². The molecule has 0 saturated heterocycles. The number of aromatic nitrogens is 2. The summed E-state index contributed by atoms with van der Waals surface area (Å²) in [6, 6.07) is 18.6. The largest absolute Gasteiger partial charge is 0.481 e. The third kappa shape index (κ3) is 13.2. The quantitative estimate of drug-likeness (QED) is 0.0611. The van der Waals surface area contributed by atoms with E-state index < -0.39 is 56.9 Å². The van der Waals surface area contributed by atoms with Crippen LogP contribution in [0.1, 0.15) is 81.9 Å². The maximum absolute atomic E-state index is 14.4. The SMILES string of the molecule is C=CCCCS(=O)(=O)NC(=O)c1ccccc1NC(=O)[C@H](NC(=O)[C@@H](NC(=O)OC(C)(C)C)C(C)(C)C)c1ccc(Oc2cc(OC)nc(-c3ccccc3)n2)c(C=C)c1. The van der Waals surface area contributed by atoms with Gasteiger partial charge in [0, 0.05) is 11.1 Å². The molecule has 0 radical (unpaired) electrons. The van der Waals surface area contributed by atoms with Gasteiger partial charge in [0.25, 0.3) is 11.8 Å². The second-order valence-corrected chi connectivity index (χ2v) is 17.5. The first-order chi connectivity index (χ1) is 28.2. The lowest BCUT2D eigenvalue weighted by atomic mass is 9.86. The number of hydrogen-bond donors (Lipinski definition) is 4. The number of ether oxygens (including phenoxy) is 3. The molecule has 0 aliphatic rings. The van der Waals surface area contributed by atoms with Crippen LogP contribution in [0.5, 0.6) is 17.5 Å². The van der Waals surface area contributed by atoms with Gasteiger partial charge in [-0.2, -0.15) is 9.97 Å². The highest BCUT2D eigenvalue weighted by molar-refractivity contribution is 7.90. The van der Waals surface area contributed by atoms with Crippen LogP contribution in [0.4, 0.5) is 10.5 Å². The van der Waals surface area contributed by atoms with Crippen molar-refractivity contribution in [2.45, 2.75) is 72.1 Å². The molecular formula is C44H52N6O9S. The minimum absolute atomic E-state index is 0.0318. The van der Waals surface area contributed by atoms with Crippen LogP contribution < -0.4 is 30.1 Å². The number of methoxy groups -OCH3 is 1. The number of carbonyl (C=O) groups excluding carboxylic acids is 4. The van der Waals surface area contributed by atoms with Crippen LogP contribution in [0.3, 0.4) is 0 Å². The van der Waals surface area contributed by atoms with E-state index in [2.05, 4.69) is 39.1 Å². The topological polar surface area (TPSA) is 204 Å². The Kier molecular flexibility index (Phi) is 15.3. The average molecular weight is 841 g/mol. The van der Waals surface area contributed by atoms with Gasteiger partial charge in [-0.15, -0.1) is 6.58 Å². The molecule has 4 N–H and O–H groups in total. The molecule has 15 nitrogen and oxygen atoms in total. The summed E-state index contributed by atoms with van der Waals surface area (Å²) in [6.07, 6.45) is 2.91. The highest BCUT2D eigenvalue weighted by Gasteiger charge is 2.37. The van der Waals surface area contributed by atoms with Crippen molar-refractivity contribution in [3.05, 3.63) is 115 Å². The summed E-state index contributed by atoms with van der Waals surface area (Å²) >= 11 is 0. The molecule has 0 fully saturated rings. The van der Waals surface area contributed by atoms with Crippen LogP contribution in [0.25, 0.3) is 17.5 Å². The predicted octanol–water partition coefficient (Wildman–Crippen LogP) is 7.35. The Morgan fingerprint density at radius 1 is 0.833 bits per heavy atom. The number of amides is 4. The lowest BCUT2D eigenvalue weighted by Gasteiger charge is -2.32. The Morgan fingerprint density at radius 3 is 2.13 bits per heavy atom. The monoisotopic (exact) mass is 840 g/mol. The molecule has 0 unspecified atom stereocenters. The number of nitrogens with one attached hydrogen (secondary N) is 4. The van der Waals surface area contributed by atoms with Gasteiger partial charge in [-0.3, -0.25) is 14.4 Å². The number of anilines is 1. The number of alkyl carbamates (subject to hydrolysis) is 1. The minimum atomic E-state index is -4.02. The van der Waals surface area contributed by atoms with Crippen molar-refractivity contribution < 1.29 is 41.8 Å². The number of benzene rings is 3. The lowest BCUT2D eigenvalue weighted by Crippen LogP contribution is -2.55. The van der Waals surface area contributed by atoms with Gasteiger partial charge in [0.1, 0.15) is 23.4 Å². The smallest absolute Gasteiger partial charge is 0.408 e. The van der Waals surface area contributed by atoms with E-state index in [4.69, 9.17) is 14.2 Å². The van der Waals surface area contributed by atoms with E-state index in [-0.39, 0.29) is 46.5 Å². The maximum Gasteiger partial charge on any atom is 0.408 e. The molecule has 0 saturated carbocycles. The number of nitrogens with zero attached hydrogens (tertiary/aromatic N) is 2. The van der Waals surface area contributed by atoms with Gasteiger partial charge < -0.3 is 30.2 Å². The van der Waals surface area contributed by atoms with Crippen LogP contribution in [0.15, 0.2) is 98.1 Å². The van der Waals surface area contributed by atoms with Crippen LogP contribution in [-0.4, -0.2) is 66.7 Å². The normalized spacial score (nSPS) is 12.5. The predicted molar refractivity (Wildman–Crippen MR) is 230 cm³/mol. The number of carbonyl (C=O) groups is 4. The molecule has 318 valence electrons. The zero-order chi connectivity index (χ0) is 44.3. The molecule has 0 bridgehead atoms. The first-order valence-corrected chi connectivity index (χ1v) is 20.7. The van der Waals surface area contributed by atoms with E-state index in [1.54, 1.807) is 71.9 Å². The number of sulfonamides is 1. The van der Waals surface area contributed by atoms with Crippen molar-refractivity contribution in [2.75, 3.05) is 18.2 Å². The second-order valence-electron chi connectivity index (χ2n) is 15.6. The van der Waals surface area contributed by atoms with Gasteiger partial charge in [0.05, 0.1) is 30.2 Å². The van der Waals surface area contributed by atoms with E-state index in [0.717, 1.165) is 5.56 Å². The van der Waals surface area contributed by atoms with E-state index in [9.17, 15) is 27.6 Å². The first kappa shape index (κ1) is 46.1. The Morgan fingerprint density at radius 2 is 1.50 bits per heavy atom. The summed E-state index contributed by atoms with van der Waals surface area (Å²) in [5.41, 5.74) is -0.525. The highest BCUT2D eigenvalue weighted by atomic mass is 32.2. The number of rotatable bonds is 17. The molecule has 2 atom stereocenters. The maximum atomic E-state index is 14.4. The fraction of sp³-hybridized carbons (Fsp3) is 0.318. The Bertz CT molecular complexity index is 2320. The van der Waals surface area contributed by atoms with E-state index in [1.165, 1.54) is 37.5 Å². The molecule has 0 aliphatic heterocycles. The molecule has 1 aromatic heterocycles. The highest BCUT2D eigenvalue weighted by Crippen LogP contribution is 2.32. The number of unbranched alkanes of at least 4 members (excludes halogenated alkanes) is 1. The number of hydrogen-bond acceptors (Lipinski definition) is 11. The van der Waals surface area contributed by atoms with Crippen LogP contribution >= 0.6 is 0 Å². The standard InChI is InChI=1S/C44H52N6O9S/c1-10-12-18-25-60(55,56)50-39(51)31-21-16-17-22-32(31)45-40(52)36(48-41(53)37(43(3,4)5)49-42(54)59-44(6,7)8)30-23-24-33(28(11-2)26-30)58-35-27-34(57-9)46-38(47-35)29-19-14-13-15-20-29/h10-11,13-17,19-24,26-27,36-37H,1-2,12,18,25H2,3-9H3,(H,45,52)(H,48,53)(H,49,54)(H,50,51)/t36-,37-/m1/s1. The Balaban J connectivity index is 1.74. The third-order valence-electron chi connectivity index (χ3n) is 8.56. The minimum Gasteiger partial charge on any atom is -0.481 e. The summed E-state index contributed by atoms with van der Waals surface area (Å²) in [5, 5.41) is 8.08. The molecule has 1 heterocycles. The summed E-state index contributed by atoms with van der Waals surface area (Å²) in [5.74, 6) is -1.77. The lowest BCUT2D eigenvalue weighted by molar-refractivity contribution is -0.129. The summed E-state index contributed by atoms with van der Waals surface area (Å²) in [4.78, 5) is 63.8. The second kappa shape index (κ2) is 19.9. The molecular weight excluding hydrogens is 789 g/mol. The fourth-order valence-corrected chi connectivity index (χ4v) is 6.72. The first-order valence-electron chi connectivity index (χ1n) is 19.0. The third-order valence-corrected chi connectivity index (χ3v) is 9.88. The van der Waals surface area contributed by atoms with Crippen molar-refractivity contribution in [1.29, 1.82) is 0 Å². The van der Waals surface area contributed by atoms with Crippen molar-refractivity contribution in [1.82, 2.24) is 25.3 Å². The number of para-hydroxylation sites is 1. The van der Waals surface area contributed by atoms with Gasteiger partial charge in [0.15, 0.2) is 5.82 Å². The molecule has 16 heteroatoms. The van der Waals surface area contributed by atoms with Gasteiger partial charge >= 0.3 is 6.09 Å². The van der Waals surface area contributed by atoms with E-state index in [1.807, 2.05) is 35.1 Å². The molecule has 4 amide bonds. The molecule has 0 aliphatic carbocycles. The molecule has 4 aromatic rings. The van der Waals surface area contributed by atoms with Gasteiger partial charge in [0.2, 0.25) is 27.7 Å². The van der Waals surface area contributed by atoms with Gasteiger partial charge in [-0.25, -0.2) is 17.9 Å². The van der Waals surface area contributed by atoms with Crippen molar-refractivity contribution >= 4 is 45.6 Å². The summed E-state index contributed by atoms with van der Waals surface area (Å²) in [7, 11) is -2.55. The molecule has 3 aromatic carbocycles. The molecule has 4 rings (SSSR count). The van der Waals surface area contributed by atoms with E-state index >= 15 is 0 Å². The summed E-state index contributed by atoms with van der Waals surface area (Å²) in [6.45, 7) is 17.8. The van der Waals surface area contributed by atoms with Crippen molar-refractivity contribution in [3.8, 4) is 28.9 Å². The molecule has 60 heavy (non-hydrogen) atoms. The average Bonchev–Trinajstić information content (AvgIpc) is 3.18. The zero-order valence-electron chi connectivity index (χ0n) is 34.8. The molecule has 0 spiro atoms. The Hall–Kier alpha value is -6.55. The van der Waals surface area contributed by atoms with Gasteiger partial charge in [-0.05, 0) is 68.9 Å². The van der Waals surface area contributed by atoms with Crippen LogP contribution in [0.2, 0.25) is 0 Å². The number of allylic oxidation sites excluding steroid dienone is 1. The van der Waals surface area contributed by atoms with Crippen molar-refractivity contribution in [2.24, 2.45) is 5.41 Å². The zero-order valence-corrected chi connectivity index (χ0v) is 35.6. The fourth-order valence-electron chi connectivity index (χ4n) is 5.68. The summed E-state index contributed by atoms with van der Waals surface area (Å²) < 4.78 is 44.4. The Labute approximate surface area is 351 Å².